The smallest absolute Gasteiger partial charge is 0.263 e. The third kappa shape index (κ3) is 17.8. The summed E-state index contributed by atoms with van der Waals surface area (Å²) in [6.45, 7) is 26.6. The first-order chi connectivity index (χ1) is 29.3. The highest BCUT2D eigenvalue weighted by Crippen LogP contribution is 2.55. The monoisotopic (exact) mass is 869 g/mol. The topological polar surface area (TPSA) is 131 Å². The number of alkyl halides is 2. The molecule has 10 nitrogen and oxygen atoms in total. The van der Waals surface area contributed by atoms with E-state index < -0.39 is 6.43 Å². The zero-order chi connectivity index (χ0) is 46.5. The number of rotatable bonds is 14. The zero-order valence-corrected chi connectivity index (χ0v) is 39.3. The molecule has 1 aromatic carbocycles. The van der Waals surface area contributed by atoms with Crippen LogP contribution in [0.5, 0.6) is 0 Å². The van der Waals surface area contributed by atoms with Gasteiger partial charge in [-0.05, 0) is 98.4 Å². The molecule has 0 spiro atoms. The second-order valence-corrected chi connectivity index (χ2v) is 15.5. The van der Waals surface area contributed by atoms with Crippen LogP contribution in [-0.4, -0.2) is 72.8 Å². The summed E-state index contributed by atoms with van der Waals surface area (Å²) < 4.78 is 33.6. The third-order valence-electron chi connectivity index (χ3n) is 9.95. The molecule has 2 amide bonds. The van der Waals surface area contributed by atoms with Gasteiger partial charge in [-0.3, -0.25) is 24.6 Å². The van der Waals surface area contributed by atoms with Crippen LogP contribution in [-0.2, 0) is 25.5 Å². The van der Waals surface area contributed by atoms with Crippen LogP contribution in [0.3, 0.4) is 0 Å². The number of aromatic nitrogens is 2. The van der Waals surface area contributed by atoms with Gasteiger partial charge in [0.2, 0.25) is 12.3 Å². The summed E-state index contributed by atoms with van der Waals surface area (Å²) in [5, 5.41) is 1.67. The lowest BCUT2D eigenvalue weighted by Gasteiger charge is -2.35. The molecule has 2 aliphatic heterocycles. The Bertz CT molecular complexity index is 1720. The van der Waals surface area contributed by atoms with E-state index in [0.29, 0.717) is 24.2 Å². The van der Waals surface area contributed by atoms with E-state index in [1.807, 2.05) is 44.7 Å². The lowest BCUT2D eigenvalue weighted by molar-refractivity contribution is -0.133. The number of hydrazine groups is 1. The molecule has 340 valence electrons. The summed E-state index contributed by atoms with van der Waals surface area (Å²) in [7, 11) is 1.72. The number of hydrogen-bond donors (Lipinski definition) is 2. The Morgan fingerprint density at radius 3 is 2.25 bits per heavy atom. The molecule has 3 N–H and O–H groups in total. The number of methoxy groups -OCH3 is 1. The number of likely N-dealkylation sites (N-methyl/N-ethyl adjacent to an activating group) is 1. The minimum atomic E-state index is -2.59. The fraction of sp³-hybridized carbons (Fsp3) is 0.521. The molecule has 5 rings (SSSR count). The van der Waals surface area contributed by atoms with Gasteiger partial charge >= 0.3 is 0 Å². The number of nitrogens with one attached hydrogen (secondary N) is 1. The van der Waals surface area contributed by atoms with E-state index in [4.69, 9.17) is 19.5 Å². The van der Waals surface area contributed by atoms with Crippen LogP contribution < -0.4 is 16.1 Å². The molecule has 13 heteroatoms. The van der Waals surface area contributed by atoms with Crippen molar-refractivity contribution in [3.05, 3.63) is 103 Å². The Kier molecular flexibility index (Phi) is 29.1. The van der Waals surface area contributed by atoms with E-state index in [0.717, 1.165) is 79.7 Å². The summed E-state index contributed by atoms with van der Waals surface area (Å²) in [5.74, 6) is 0.194. The molecule has 4 heterocycles. The highest BCUT2D eigenvalue weighted by atomic mass is 32.2. The normalized spacial score (nSPS) is 15.6. The van der Waals surface area contributed by atoms with Crippen LogP contribution in [0.1, 0.15) is 140 Å². The number of fused-ring (bicyclic) bond motifs is 1. The number of halogens is 2. The lowest BCUT2D eigenvalue weighted by Crippen LogP contribution is -2.45. The van der Waals surface area contributed by atoms with Gasteiger partial charge in [-0.15, -0.1) is 19.7 Å². The first kappa shape index (κ1) is 56.5. The number of carbonyl (C=O) groups excluding carboxylic acids is 3. The van der Waals surface area contributed by atoms with E-state index in [1.165, 1.54) is 18.6 Å². The number of pyridine rings is 2. The molecule has 3 unspecified atom stereocenters. The maximum absolute atomic E-state index is 13.8. The van der Waals surface area contributed by atoms with Crippen molar-refractivity contribution in [3.8, 4) is 11.3 Å². The van der Waals surface area contributed by atoms with Crippen molar-refractivity contribution in [1.29, 1.82) is 0 Å². The van der Waals surface area contributed by atoms with Crippen molar-refractivity contribution in [1.82, 2.24) is 20.4 Å². The molecule has 2 aliphatic rings. The predicted octanol–water partition coefficient (Wildman–Crippen LogP) is 11.0. The molecule has 3 aromatic rings. The highest BCUT2D eigenvalue weighted by molar-refractivity contribution is 7.97. The molecule has 2 aromatic heterocycles. The van der Waals surface area contributed by atoms with Crippen molar-refractivity contribution in [3.63, 3.8) is 0 Å². The van der Waals surface area contributed by atoms with Crippen molar-refractivity contribution in [2.45, 2.75) is 118 Å². The van der Waals surface area contributed by atoms with Crippen molar-refractivity contribution in [2.24, 2.45) is 11.1 Å². The quantitative estimate of drug-likeness (QED) is 0.120. The number of benzene rings is 1. The fourth-order valence-electron chi connectivity index (χ4n) is 7.44. The second-order valence-electron chi connectivity index (χ2n) is 14.7. The molecule has 3 atom stereocenters. The Morgan fingerprint density at radius 1 is 1.10 bits per heavy atom. The zero-order valence-electron chi connectivity index (χ0n) is 38.5. The molecule has 1 fully saturated rings. The molecule has 0 aliphatic carbocycles. The lowest BCUT2D eigenvalue weighted by atomic mass is 9.74. The number of primary amides is 1. The van der Waals surface area contributed by atoms with E-state index in [1.54, 1.807) is 36.9 Å². The Morgan fingerprint density at radius 2 is 1.75 bits per heavy atom. The van der Waals surface area contributed by atoms with Crippen molar-refractivity contribution >= 4 is 36.1 Å². The minimum absolute atomic E-state index is 0.000315. The number of amides is 2. The van der Waals surface area contributed by atoms with Gasteiger partial charge in [0, 0.05) is 81.1 Å². The molecular formula is C48H74F2N6O4S. The number of hydrogen-bond acceptors (Lipinski definition) is 9. The van der Waals surface area contributed by atoms with E-state index in [-0.39, 0.29) is 41.4 Å². The Labute approximate surface area is 370 Å². The molecule has 0 bridgehead atoms. The van der Waals surface area contributed by atoms with Gasteiger partial charge in [0.05, 0.1) is 23.5 Å². The van der Waals surface area contributed by atoms with Crippen LogP contribution in [0.25, 0.3) is 11.3 Å². The average molecular weight is 869 g/mol. The maximum Gasteiger partial charge on any atom is 0.263 e. The van der Waals surface area contributed by atoms with Gasteiger partial charge in [-0.25, -0.2) is 14.2 Å². The molecular weight excluding hydrogens is 795 g/mol. The van der Waals surface area contributed by atoms with Crippen molar-refractivity contribution in [2.75, 3.05) is 44.2 Å². The summed E-state index contributed by atoms with van der Waals surface area (Å²) in [6.07, 6.45) is 11.8. The van der Waals surface area contributed by atoms with Gasteiger partial charge in [0.1, 0.15) is 6.29 Å². The largest absolute Gasteiger partial charge is 0.375 e. The van der Waals surface area contributed by atoms with Crippen LogP contribution in [0.15, 0.2) is 74.5 Å². The van der Waals surface area contributed by atoms with Gasteiger partial charge in [-0.1, -0.05) is 52.8 Å². The number of anilines is 1. The minimum Gasteiger partial charge on any atom is -0.375 e. The van der Waals surface area contributed by atoms with Crippen LogP contribution in [0.2, 0.25) is 0 Å². The van der Waals surface area contributed by atoms with E-state index in [2.05, 4.69) is 81.7 Å². The molecule has 0 saturated carbocycles. The van der Waals surface area contributed by atoms with Crippen LogP contribution >= 0.6 is 11.8 Å². The highest BCUT2D eigenvalue weighted by Gasteiger charge is 2.43. The summed E-state index contributed by atoms with van der Waals surface area (Å²) >= 11 is 1.75. The third-order valence-corrected chi connectivity index (χ3v) is 9.95. The summed E-state index contributed by atoms with van der Waals surface area (Å²) in [6, 6.07) is 13.3. The van der Waals surface area contributed by atoms with E-state index >= 15 is 0 Å². The number of thioether (sulfide) groups is 1. The molecule has 1 saturated heterocycles. The average Bonchev–Trinajstić information content (AvgIpc) is 3.57. The molecule has 0 radical (unpaired) electrons. The van der Waals surface area contributed by atoms with Gasteiger partial charge in [-0.2, -0.15) is 11.8 Å². The van der Waals surface area contributed by atoms with Gasteiger partial charge in [0.15, 0.2) is 0 Å². The number of nitrogens with two attached hydrogens (primary N) is 1. The Hall–Kier alpha value is -4.46. The molecule has 61 heavy (non-hydrogen) atoms. The number of aldehydes is 1. The number of carbonyl (C=O) groups is 3. The standard InChI is InChI=1S/C35H43F2N3O2.C6H12N2O.C2H6S.C2H6.C2H4.CH3NO/c1-7-12-25-19-24(34(36)37)21-29(39-25)23-14-15-30-27(20-23)28(22-35(4,5)16-11-18-41)33(40(30)9-3)26-13-10-17-38-32(26)31(8-2)42-6;1-6(9)8-5-3-2-4-7-8;1-3-2;2*1-2;2-1-3/h7,10,13-15,17-21,28,31,33-34H,1,8-9,11-12,16,22H2,2-6H3;7H,2-5H2,1H3;1-2H3;1-2H3;1-2H2;1H,(H2,2,3). The Balaban J connectivity index is 0.00000159. The SMILES string of the molecule is C=C.C=CCc1cc(C(F)F)cc(-c2ccc3c(c2)C(CC(C)(C)CCC=O)C(c2cccnc2C(CC)OC)N3CC)n1.CC.CC(=O)N1CCCCN1.CSC.NC=O. The van der Waals surface area contributed by atoms with Crippen LogP contribution in [0, 0.1) is 5.41 Å². The van der Waals surface area contributed by atoms with Gasteiger partial charge in [0.25, 0.3) is 6.43 Å². The van der Waals surface area contributed by atoms with Gasteiger partial charge < -0.3 is 20.2 Å². The van der Waals surface area contributed by atoms with Crippen molar-refractivity contribution < 1.29 is 27.9 Å². The fourth-order valence-corrected chi connectivity index (χ4v) is 7.44. The first-order valence-corrected chi connectivity index (χ1v) is 22.7. The van der Waals surface area contributed by atoms with E-state index in [9.17, 15) is 18.4 Å². The maximum atomic E-state index is 13.8. The second kappa shape index (κ2) is 31.4. The number of allylic oxidation sites excluding steroid dienone is 1. The summed E-state index contributed by atoms with van der Waals surface area (Å²) in [4.78, 5) is 42.5. The number of nitrogens with zero attached hydrogens (tertiary/aromatic N) is 4. The summed E-state index contributed by atoms with van der Waals surface area (Å²) in [5.41, 5.74) is 13.3. The first-order valence-electron chi connectivity index (χ1n) is 21.1. The van der Waals surface area contributed by atoms with Crippen LogP contribution in [0.4, 0.5) is 14.5 Å². The number of ether oxygens (including phenoxy) is 1. The predicted molar refractivity (Wildman–Crippen MR) is 252 cm³/mol.